The van der Waals surface area contributed by atoms with Crippen LogP contribution in [0.5, 0.6) is 5.88 Å². The van der Waals surface area contributed by atoms with Crippen molar-refractivity contribution >= 4 is 16.4 Å². The van der Waals surface area contributed by atoms with Crippen LogP contribution < -0.4 is 4.74 Å². The molecule has 0 radical (unpaired) electrons. The zero-order valence-corrected chi connectivity index (χ0v) is 18.5. The van der Waals surface area contributed by atoms with E-state index in [9.17, 15) is 0 Å². The number of aromatic nitrogens is 6. The lowest BCUT2D eigenvalue weighted by atomic mass is 10.1. The summed E-state index contributed by atoms with van der Waals surface area (Å²) in [5, 5.41) is 19.2. The Labute approximate surface area is 190 Å². The van der Waals surface area contributed by atoms with Gasteiger partial charge in [0, 0.05) is 29.1 Å². The highest BCUT2D eigenvalue weighted by Crippen LogP contribution is 2.31. The molecule has 4 aromatic heterocycles. The van der Waals surface area contributed by atoms with Crippen LogP contribution in [0.2, 0.25) is 0 Å². The molecule has 1 aliphatic heterocycles. The van der Waals surface area contributed by atoms with Gasteiger partial charge in [0.2, 0.25) is 11.7 Å². The molecule has 0 saturated carbocycles. The van der Waals surface area contributed by atoms with Gasteiger partial charge in [-0.2, -0.15) is 4.52 Å². The first-order valence-corrected chi connectivity index (χ1v) is 11.0. The molecule has 0 N–H and O–H groups in total. The molecule has 1 unspecified atom stereocenters. The molecule has 0 amide bonds. The lowest BCUT2D eigenvalue weighted by molar-refractivity contribution is 0.288. The minimum atomic E-state index is 0.309. The van der Waals surface area contributed by atoms with Crippen LogP contribution in [0.3, 0.4) is 0 Å². The molecule has 6 rings (SSSR count). The van der Waals surface area contributed by atoms with E-state index in [2.05, 4.69) is 38.4 Å². The molecule has 9 nitrogen and oxygen atoms in total. The maximum atomic E-state index is 6.16. The normalized spacial score (nSPS) is 16.7. The van der Waals surface area contributed by atoms with E-state index >= 15 is 0 Å². The third kappa shape index (κ3) is 3.50. The van der Waals surface area contributed by atoms with Crippen LogP contribution in [0.15, 0.2) is 53.2 Å². The van der Waals surface area contributed by atoms with Crippen molar-refractivity contribution in [1.29, 1.82) is 0 Å². The van der Waals surface area contributed by atoms with Crippen LogP contribution in [0.1, 0.15) is 35.9 Å². The number of likely N-dealkylation sites (tertiary alicyclic amines) is 1. The van der Waals surface area contributed by atoms with Crippen molar-refractivity contribution < 1.29 is 9.26 Å². The summed E-state index contributed by atoms with van der Waals surface area (Å²) in [5.41, 5.74) is 3.31. The number of benzene rings is 1. The maximum absolute atomic E-state index is 6.16. The molecule has 33 heavy (non-hydrogen) atoms. The molecule has 1 fully saturated rings. The molecule has 1 aromatic carbocycles. The predicted octanol–water partition coefficient (Wildman–Crippen LogP) is 3.98. The second kappa shape index (κ2) is 7.93. The lowest BCUT2D eigenvalue weighted by Gasteiger charge is -2.19. The molecule has 0 spiro atoms. The fourth-order valence-electron chi connectivity index (χ4n) is 4.48. The average molecular weight is 441 g/mol. The summed E-state index contributed by atoms with van der Waals surface area (Å²) in [6.07, 6.45) is 4.37. The van der Waals surface area contributed by atoms with Gasteiger partial charge in [-0.05, 0) is 51.1 Å². The number of ether oxygens (including phenoxy) is 1. The Morgan fingerprint density at radius 2 is 2.00 bits per heavy atom. The van der Waals surface area contributed by atoms with Crippen LogP contribution in [0, 0.1) is 6.92 Å². The SMILES string of the molecule is Cc1cc(-c2nnc3c4ccccc4c(OCc4ccc(C5CCCN5C)cn4)nn23)no1. The molecular formula is C24H23N7O2. The number of fused-ring (bicyclic) bond motifs is 3. The van der Waals surface area contributed by atoms with E-state index in [1.165, 1.54) is 18.4 Å². The van der Waals surface area contributed by atoms with E-state index in [0.29, 0.717) is 41.5 Å². The highest BCUT2D eigenvalue weighted by atomic mass is 16.5. The number of pyridine rings is 1. The molecule has 1 saturated heterocycles. The van der Waals surface area contributed by atoms with Crippen LogP contribution in [-0.4, -0.2) is 48.4 Å². The predicted molar refractivity (Wildman–Crippen MR) is 122 cm³/mol. The fraction of sp³-hybridized carbons (Fsp3) is 0.292. The quantitative estimate of drug-likeness (QED) is 0.404. The van der Waals surface area contributed by atoms with Crippen molar-refractivity contribution in [1.82, 2.24) is 34.9 Å². The van der Waals surface area contributed by atoms with Gasteiger partial charge in [-0.15, -0.1) is 15.3 Å². The van der Waals surface area contributed by atoms with Crippen molar-refractivity contribution in [3.05, 3.63) is 65.7 Å². The highest BCUT2D eigenvalue weighted by Gasteiger charge is 2.23. The molecule has 0 bridgehead atoms. The molecule has 166 valence electrons. The van der Waals surface area contributed by atoms with Gasteiger partial charge in [-0.3, -0.25) is 9.88 Å². The summed E-state index contributed by atoms with van der Waals surface area (Å²) in [4.78, 5) is 7.02. The second-order valence-electron chi connectivity index (χ2n) is 8.44. The summed E-state index contributed by atoms with van der Waals surface area (Å²) < 4.78 is 13.0. The zero-order valence-electron chi connectivity index (χ0n) is 18.5. The van der Waals surface area contributed by atoms with Gasteiger partial charge >= 0.3 is 0 Å². The van der Waals surface area contributed by atoms with E-state index in [1.54, 1.807) is 10.6 Å². The monoisotopic (exact) mass is 441 g/mol. The fourth-order valence-corrected chi connectivity index (χ4v) is 4.48. The highest BCUT2D eigenvalue weighted by molar-refractivity contribution is 5.96. The van der Waals surface area contributed by atoms with Crippen LogP contribution >= 0.6 is 0 Å². The first kappa shape index (κ1) is 19.8. The standard InChI is InChI=1S/C24H23N7O2/c1-15-12-20(29-33-15)23-27-26-22-18-6-3-4-7-19(18)24(28-31(22)23)32-14-17-10-9-16(13-25-17)21-8-5-11-30(21)2/h3-4,6-7,9-10,12-13,21H,5,8,11,14H2,1-2H3. The van der Waals surface area contributed by atoms with E-state index in [4.69, 9.17) is 14.4 Å². The van der Waals surface area contributed by atoms with Crippen LogP contribution in [0.4, 0.5) is 0 Å². The topological polar surface area (TPSA) is 94.5 Å². The van der Waals surface area contributed by atoms with Crippen molar-refractivity contribution in [2.24, 2.45) is 0 Å². The Morgan fingerprint density at radius 3 is 2.73 bits per heavy atom. The van der Waals surface area contributed by atoms with E-state index in [1.807, 2.05) is 43.5 Å². The van der Waals surface area contributed by atoms with Crippen molar-refractivity contribution in [3.63, 3.8) is 0 Å². The van der Waals surface area contributed by atoms with Crippen LogP contribution in [0.25, 0.3) is 27.9 Å². The number of aryl methyl sites for hydroxylation is 1. The summed E-state index contributed by atoms with van der Waals surface area (Å²) in [5.74, 6) is 1.68. The van der Waals surface area contributed by atoms with Gasteiger partial charge in [0.15, 0.2) is 11.3 Å². The molecule has 1 aliphatic rings. The minimum Gasteiger partial charge on any atom is -0.470 e. The first-order chi connectivity index (χ1) is 16.2. The Morgan fingerprint density at radius 1 is 1.12 bits per heavy atom. The molecular weight excluding hydrogens is 418 g/mol. The van der Waals surface area contributed by atoms with Crippen LogP contribution in [-0.2, 0) is 6.61 Å². The van der Waals surface area contributed by atoms with Crippen molar-refractivity contribution in [2.75, 3.05) is 13.6 Å². The Balaban J connectivity index is 1.33. The van der Waals surface area contributed by atoms with Gasteiger partial charge in [-0.1, -0.05) is 29.4 Å². The smallest absolute Gasteiger partial charge is 0.240 e. The Hall–Kier alpha value is -3.85. The van der Waals surface area contributed by atoms with Gasteiger partial charge in [-0.25, -0.2) is 0 Å². The lowest BCUT2D eigenvalue weighted by Crippen LogP contribution is -2.17. The number of hydrogen-bond acceptors (Lipinski definition) is 8. The first-order valence-electron chi connectivity index (χ1n) is 11.0. The Bertz CT molecular complexity index is 1440. The number of hydrogen-bond donors (Lipinski definition) is 0. The largest absolute Gasteiger partial charge is 0.470 e. The summed E-state index contributed by atoms with van der Waals surface area (Å²) in [7, 11) is 2.17. The average Bonchev–Trinajstić information content (AvgIpc) is 3.57. The summed E-state index contributed by atoms with van der Waals surface area (Å²) in [6, 6.07) is 14.3. The van der Waals surface area contributed by atoms with Gasteiger partial charge in [0.25, 0.3) is 0 Å². The summed E-state index contributed by atoms with van der Waals surface area (Å²) in [6.45, 7) is 3.28. The molecule has 9 heteroatoms. The van der Waals surface area contributed by atoms with E-state index in [0.717, 1.165) is 23.0 Å². The minimum absolute atomic E-state index is 0.309. The van der Waals surface area contributed by atoms with Crippen molar-refractivity contribution in [2.45, 2.75) is 32.4 Å². The summed E-state index contributed by atoms with van der Waals surface area (Å²) >= 11 is 0. The van der Waals surface area contributed by atoms with Gasteiger partial charge in [0.1, 0.15) is 12.4 Å². The number of rotatable bonds is 5. The van der Waals surface area contributed by atoms with Gasteiger partial charge in [0.05, 0.1) is 5.69 Å². The molecule has 1 atom stereocenters. The van der Waals surface area contributed by atoms with E-state index < -0.39 is 0 Å². The zero-order chi connectivity index (χ0) is 22.4. The number of nitrogens with zero attached hydrogens (tertiary/aromatic N) is 7. The third-order valence-corrected chi connectivity index (χ3v) is 6.20. The van der Waals surface area contributed by atoms with Crippen molar-refractivity contribution in [3.8, 4) is 17.4 Å². The Kier molecular flexibility index (Phi) is 4.76. The second-order valence-corrected chi connectivity index (χ2v) is 8.44. The molecule has 0 aliphatic carbocycles. The van der Waals surface area contributed by atoms with Gasteiger partial charge < -0.3 is 9.26 Å². The molecule has 5 heterocycles. The molecule has 5 aromatic rings. The maximum Gasteiger partial charge on any atom is 0.240 e. The van der Waals surface area contributed by atoms with E-state index in [-0.39, 0.29) is 0 Å². The third-order valence-electron chi connectivity index (χ3n) is 6.20.